The fraction of sp³-hybridized carbons (Fsp3) is 0.714. The highest BCUT2D eigenvalue weighted by atomic mass is 15.4. The van der Waals surface area contributed by atoms with Gasteiger partial charge in [0.1, 0.15) is 5.79 Å². The second-order valence-electron chi connectivity index (χ2n) is 2.83. The zero-order chi connectivity index (χ0) is 8.32. The molecule has 5 N–H and O–H groups in total. The van der Waals surface area contributed by atoms with Crippen molar-refractivity contribution < 1.29 is 0 Å². The van der Waals surface area contributed by atoms with Gasteiger partial charge in [-0.05, 0) is 6.08 Å². The molecule has 1 rings (SSSR count). The van der Waals surface area contributed by atoms with Crippen LogP contribution in [0.15, 0.2) is 12.7 Å². The number of hydrogen-bond acceptors (Lipinski definition) is 4. The summed E-state index contributed by atoms with van der Waals surface area (Å²) in [6, 6.07) is 0. The Morgan fingerprint density at radius 3 is 2.36 bits per heavy atom. The fourth-order valence-electron chi connectivity index (χ4n) is 1.18. The summed E-state index contributed by atoms with van der Waals surface area (Å²) in [7, 11) is 0. The van der Waals surface area contributed by atoms with Crippen LogP contribution in [0.2, 0.25) is 0 Å². The fourth-order valence-corrected chi connectivity index (χ4v) is 1.18. The van der Waals surface area contributed by atoms with E-state index in [1.807, 2.05) is 4.90 Å². The van der Waals surface area contributed by atoms with E-state index in [2.05, 4.69) is 11.9 Å². The second kappa shape index (κ2) is 3.32. The molecule has 64 valence electrons. The Morgan fingerprint density at radius 1 is 1.36 bits per heavy atom. The normalized spacial score (nSPS) is 21.6. The molecule has 4 nitrogen and oxygen atoms in total. The van der Waals surface area contributed by atoms with Crippen LogP contribution < -0.4 is 16.8 Å². The van der Waals surface area contributed by atoms with Crippen molar-refractivity contribution in [2.75, 3.05) is 26.2 Å². The second-order valence-corrected chi connectivity index (χ2v) is 2.83. The zero-order valence-corrected chi connectivity index (χ0v) is 6.71. The summed E-state index contributed by atoms with van der Waals surface area (Å²) in [5.41, 5.74) is 11.5. The number of nitrogens with two attached hydrogens (primary N) is 2. The van der Waals surface area contributed by atoms with Crippen molar-refractivity contribution in [2.45, 2.75) is 5.79 Å². The number of nitrogens with zero attached hydrogens (tertiary/aromatic N) is 1. The molecule has 4 heteroatoms. The first-order valence-corrected chi connectivity index (χ1v) is 3.84. The van der Waals surface area contributed by atoms with E-state index in [9.17, 15) is 0 Å². The molecule has 0 aromatic heterocycles. The first-order valence-electron chi connectivity index (χ1n) is 3.84. The minimum Gasteiger partial charge on any atom is -0.314 e. The Morgan fingerprint density at radius 2 is 1.91 bits per heavy atom. The van der Waals surface area contributed by atoms with Gasteiger partial charge in [0.15, 0.2) is 0 Å². The number of rotatable bonds is 2. The molecule has 1 fully saturated rings. The molecule has 0 aromatic rings. The third kappa shape index (κ3) is 2.00. The van der Waals surface area contributed by atoms with Crippen LogP contribution in [-0.2, 0) is 0 Å². The van der Waals surface area contributed by atoms with Crippen molar-refractivity contribution >= 4 is 0 Å². The molecule has 0 unspecified atom stereocenters. The van der Waals surface area contributed by atoms with Crippen molar-refractivity contribution in [1.82, 2.24) is 10.2 Å². The smallest absolute Gasteiger partial charge is 0.140 e. The predicted octanol–water partition coefficient (Wildman–Crippen LogP) is -1.35. The van der Waals surface area contributed by atoms with Gasteiger partial charge in [-0.15, -0.1) is 0 Å². The summed E-state index contributed by atoms with van der Waals surface area (Å²) < 4.78 is 0. The maximum atomic E-state index is 5.75. The highest BCUT2D eigenvalue weighted by molar-refractivity contribution is 4.96. The molecule has 0 saturated carbocycles. The Balaban J connectivity index is 2.50. The Labute approximate surface area is 67.2 Å². The Bertz CT molecular complexity index is 137. The minimum absolute atomic E-state index is 0.831. The molecule has 1 aliphatic rings. The van der Waals surface area contributed by atoms with E-state index in [4.69, 9.17) is 11.5 Å². The average molecular weight is 156 g/mol. The molecule has 0 atom stereocenters. The van der Waals surface area contributed by atoms with Gasteiger partial charge >= 0.3 is 0 Å². The highest BCUT2D eigenvalue weighted by Gasteiger charge is 2.25. The van der Waals surface area contributed by atoms with Gasteiger partial charge in [-0.25, -0.2) is 0 Å². The van der Waals surface area contributed by atoms with Gasteiger partial charge in [0, 0.05) is 26.2 Å². The van der Waals surface area contributed by atoms with E-state index in [1.165, 1.54) is 0 Å². The molecule has 0 aliphatic carbocycles. The summed E-state index contributed by atoms with van der Waals surface area (Å²) in [4.78, 5) is 2.01. The van der Waals surface area contributed by atoms with E-state index in [0.29, 0.717) is 0 Å². The molecule has 0 spiro atoms. The molecule has 1 saturated heterocycles. The van der Waals surface area contributed by atoms with Gasteiger partial charge in [-0.1, -0.05) is 6.58 Å². The van der Waals surface area contributed by atoms with Gasteiger partial charge in [-0.3, -0.25) is 16.4 Å². The summed E-state index contributed by atoms with van der Waals surface area (Å²) in [6.07, 6.45) is 1.58. The molecule has 0 bridgehead atoms. The third-order valence-corrected chi connectivity index (χ3v) is 1.99. The number of nitrogens with one attached hydrogen (secondary N) is 1. The molecule has 0 aromatic carbocycles. The van der Waals surface area contributed by atoms with Crippen LogP contribution in [0.4, 0.5) is 0 Å². The van der Waals surface area contributed by atoms with Crippen LogP contribution in [0.25, 0.3) is 0 Å². The summed E-state index contributed by atoms with van der Waals surface area (Å²) in [5, 5.41) is 3.22. The topological polar surface area (TPSA) is 67.3 Å². The van der Waals surface area contributed by atoms with Crippen LogP contribution in [-0.4, -0.2) is 36.9 Å². The Kier molecular flexibility index (Phi) is 2.62. The van der Waals surface area contributed by atoms with E-state index >= 15 is 0 Å². The van der Waals surface area contributed by atoms with Crippen LogP contribution in [0.5, 0.6) is 0 Å². The minimum atomic E-state index is -0.831. The van der Waals surface area contributed by atoms with Crippen molar-refractivity contribution in [3.63, 3.8) is 0 Å². The lowest BCUT2D eigenvalue weighted by Gasteiger charge is -2.38. The van der Waals surface area contributed by atoms with Crippen LogP contribution in [0.3, 0.4) is 0 Å². The van der Waals surface area contributed by atoms with E-state index in [-0.39, 0.29) is 0 Å². The molecule has 11 heavy (non-hydrogen) atoms. The van der Waals surface area contributed by atoms with Crippen molar-refractivity contribution in [2.24, 2.45) is 11.5 Å². The number of piperazine rings is 1. The van der Waals surface area contributed by atoms with Crippen molar-refractivity contribution in [1.29, 1.82) is 0 Å². The van der Waals surface area contributed by atoms with Gasteiger partial charge in [-0.2, -0.15) is 0 Å². The third-order valence-electron chi connectivity index (χ3n) is 1.99. The highest BCUT2D eigenvalue weighted by Crippen LogP contribution is 2.03. The molecule has 1 heterocycles. The summed E-state index contributed by atoms with van der Waals surface area (Å²) in [6.45, 7) is 7.27. The standard InChI is InChI=1S/C7H16N4/c1-2-7(8,9)11-5-3-10-4-6-11/h2,10H,1,3-6,8-9H2. The maximum Gasteiger partial charge on any atom is 0.140 e. The number of hydrogen-bond donors (Lipinski definition) is 3. The van der Waals surface area contributed by atoms with Crippen LogP contribution >= 0.6 is 0 Å². The zero-order valence-electron chi connectivity index (χ0n) is 6.71. The lowest BCUT2D eigenvalue weighted by molar-refractivity contribution is 0.123. The lowest BCUT2D eigenvalue weighted by Crippen LogP contribution is -2.65. The molecule has 0 radical (unpaired) electrons. The first kappa shape index (κ1) is 8.67. The Hall–Kier alpha value is -0.420. The van der Waals surface area contributed by atoms with Crippen LogP contribution in [0, 0.1) is 0 Å². The maximum absolute atomic E-state index is 5.75. The lowest BCUT2D eigenvalue weighted by atomic mass is 10.2. The molecular formula is C7H16N4. The largest absolute Gasteiger partial charge is 0.314 e. The average Bonchev–Trinajstić information content (AvgIpc) is 2.06. The predicted molar refractivity (Wildman–Crippen MR) is 45.7 cm³/mol. The first-order chi connectivity index (χ1) is 5.17. The van der Waals surface area contributed by atoms with Gasteiger partial charge in [0.2, 0.25) is 0 Å². The summed E-state index contributed by atoms with van der Waals surface area (Å²) in [5.74, 6) is -0.831. The van der Waals surface area contributed by atoms with Crippen molar-refractivity contribution in [3.05, 3.63) is 12.7 Å². The molecule has 0 amide bonds. The quantitative estimate of drug-likeness (QED) is 0.341. The van der Waals surface area contributed by atoms with E-state index in [0.717, 1.165) is 26.2 Å². The van der Waals surface area contributed by atoms with Gasteiger partial charge in [0.25, 0.3) is 0 Å². The van der Waals surface area contributed by atoms with Crippen LogP contribution in [0.1, 0.15) is 0 Å². The monoisotopic (exact) mass is 156 g/mol. The van der Waals surface area contributed by atoms with E-state index < -0.39 is 5.79 Å². The molecule has 1 aliphatic heterocycles. The van der Waals surface area contributed by atoms with Gasteiger partial charge < -0.3 is 5.32 Å². The molecular weight excluding hydrogens is 140 g/mol. The summed E-state index contributed by atoms with van der Waals surface area (Å²) >= 11 is 0. The van der Waals surface area contributed by atoms with E-state index in [1.54, 1.807) is 6.08 Å². The SMILES string of the molecule is C=CC(N)(N)N1CCNCC1. The van der Waals surface area contributed by atoms with Gasteiger partial charge in [0.05, 0.1) is 0 Å². The van der Waals surface area contributed by atoms with Crippen molar-refractivity contribution in [3.8, 4) is 0 Å².